The molecule has 0 radical (unpaired) electrons. The van der Waals surface area contributed by atoms with Gasteiger partial charge in [0.05, 0.1) is 18.7 Å². The van der Waals surface area contributed by atoms with Gasteiger partial charge in [-0.25, -0.2) is 4.39 Å². The maximum Gasteiger partial charge on any atom is 0.251 e. The number of carbonyl (C=O) groups excluding carboxylic acids is 2. The van der Waals surface area contributed by atoms with Gasteiger partial charge in [-0.15, -0.1) is 0 Å². The van der Waals surface area contributed by atoms with E-state index in [1.54, 1.807) is 41.6 Å². The number of nitrogens with zero attached hydrogens (tertiary/aromatic N) is 3. The SMILES string of the molecule is COc1cccc(F)c1CN1C[C@H](NC(=O)c2ccc3[nH]nc(-c4ccncc4)c3c2)CC[C@H]1C(N)=O. The molecule has 9 nitrogen and oxygen atoms in total. The maximum absolute atomic E-state index is 14.6. The van der Waals surface area contributed by atoms with Gasteiger partial charge in [-0.1, -0.05) is 6.07 Å². The summed E-state index contributed by atoms with van der Waals surface area (Å²) in [4.78, 5) is 31.2. The molecule has 0 saturated carbocycles. The van der Waals surface area contributed by atoms with Crippen molar-refractivity contribution in [3.05, 3.63) is 77.9 Å². The number of hydrogen-bond acceptors (Lipinski definition) is 6. The standard InChI is InChI=1S/C27H27FN6O3/c1-37-24-4-2-3-21(28)20(24)15-34-14-18(6-8-23(34)26(29)35)31-27(36)17-5-7-22-19(13-17)25(33-32-22)16-9-11-30-12-10-16/h2-5,7,9-13,18,23H,6,8,14-15H2,1H3,(H2,29,35)(H,31,36)(H,32,33)/t18-,23+/m1/s1. The predicted octanol–water partition coefficient (Wildman–Crippen LogP) is 3.02. The Labute approximate surface area is 212 Å². The zero-order valence-electron chi connectivity index (χ0n) is 20.3. The number of fused-ring (bicyclic) bond motifs is 1. The molecular weight excluding hydrogens is 475 g/mol. The number of halogens is 1. The van der Waals surface area contributed by atoms with Crippen LogP contribution in [-0.2, 0) is 11.3 Å². The summed E-state index contributed by atoms with van der Waals surface area (Å²) >= 11 is 0. The molecule has 37 heavy (non-hydrogen) atoms. The number of H-pyrrole nitrogens is 1. The average molecular weight is 503 g/mol. The highest BCUT2D eigenvalue weighted by Gasteiger charge is 2.33. The van der Waals surface area contributed by atoms with Crippen molar-refractivity contribution in [3.8, 4) is 17.0 Å². The molecule has 1 fully saturated rings. The fourth-order valence-electron chi connectivity index (χ4n) is 4.90. The van der Waals surface area contributed by atoms with Gasteiger partial charge in [0.15, 0.2) is 0 Å². The van der Waals surface area contributed by atoms with E-state index in [4.69, 9.17) is 10.5 Å². The van der Waals surface area contributed by atoms with Crippen molar-refractivity contribution in [2.24, 2.45) is 5.73 Å². The molecule has 0 aliphatic carbocycles. The van der Waals surface area contributed by atoms with Crippen LogP contribution in [0.5, 0.6) is 5.75 Å². The molecule has 10 heteroatoms. The third-order valence-electron chi connectivity index (χ3n) is 6.78. The summed E-state index contributed by atoms with van der Waals surface area (Å²) in [5.74, 6) is -0.746. The van der Waals surface area contributed by atoms with Crippen molar-refractivity contribution < 1.29 is 18.7 Å². The molecule has 4 N–H and O–H groups in total. The van der Waals surface area contributed by atoms with Crippen molar-refractivity contribution in [3.63, 3.8) is 0 Å². The number of pyridine rings is 1. The van der Waals surface area contributed by atoms with Gasteiger partial charge in [0.1, 0.15) is 17.3 Å². The minimum Gasteiger partial charge on any atom is -0.496 e. The molecule has 3 heterocycles. The van der Waals surface area contributed by atoms with Crippen LogP contribution in [0.1, 0.15) is 28.8 Å². The fraction of sp³-hybridized carbons (Fsp3) is 0.259. The zero-order chi connectivity index (χ0) is 25.9. The highest BCUT2D eigenvalue weighted by atomic mass is 19.1. The highest BCUT2D eigenvalue weighted by Crippen LogP contribution is 2.28. The Morgan fingerprint density at radius 3 is 2.76 bits per heavy atom. The van der Waals surface area contributed by atoms with Crippen LogP contribution >= 0.6 is 0 Å². The number of nitrogens with two attached hydrogens (primary N) is 1. The van der Waals surface area contributed by atoms with Crippen LogP contribution in [0.15, 0.2) is 60.9 Å². The van der Waals surface area contributed by atoms with Gasteiger partial charge >= 0.3 is 0 Å². The number of primary amides is 1. The smallest absolute Gasteiger partial charge is 0.251 e. The fourth-order valence-corrected chi connectivity index (χ4v) is 4.90. The van der Waals surface area contributed by atoms with Gasteiger partial charge in [-0.05, 0) is 55.3 Å². The summed E-state index contributed by atoms with van der Waals surface area (Å²) in [5, 5.41) is 11.3. The summed E-state index contributed by atoms with van der Waals surface area (Å²) in [6.07, 6.45) is 4.40. The Morgan fingerprint density at radius 1 is 1.19 bits per heavy atom. The number of carbonyl (C=O) groups is 2. The van der Waals surface area contributed by atoms with Crippen LogP contribution in [0.25, 0.3) is 22.2 Å². The monoisotopic (exact) mass is 502 g/mol. The van der Waals surface area contributed by atoms with Gasteiger partial charge in [0.2, 0.25) is 5.91 Å². The van der Waals surface area contributed by atoms with Crippen LogP contribution in [0, 0.1) is 5.82 Å². The van der Waals surface area contributed by atoms with Crippen molar-refractivity contribution in [1.29, 1.82) is 0 Å². The zero-order valence-corrected chi connectivity index (χ0v) is 20.3. The molecule has 0 bridgehead atoms. The van der Waals surface area contributed by atoms with Crippen molar-refractivity contribution >= 4 is 22.7 Å². The molecule has 0 spiro atoms. The number of methoxy groups -OCH3 is 1. The molecule has 1 aliphatic rings. The quantitative estimate of drug-likeness (QED) is 0.357. The first kappa shape index (κ1) is 24.4. The van der Waals surface area contributed by atoms with Crippen LogP contribution in [-0.4, -0.2) is 57.6 Å². The molecule has 2 atom stereocenters. The van der Waals surface area contributed by atoms with E-state index in [0.29, 0.717) is 36.3 Å². The Hall–Kier alpha value is -4.31. The lowest BCUT2D eigenvalue weighted by molar-refractivity contribution is -0.124. The van der Waals surface area contributed by atoms with Crippen molar-refractivity contribution in [2.75, 3.05) is 13.7 Å². The van der Waals surface area contributed by atoms with E-state index in [9.17, 15) is 14.0 Å². The van der Waals surface area contributed by atoms with Gasteiger partial charge in [-0.3, -0.25) is 24.6 Å². The first-order valence-corrected chi connectivity index (χ1v) is 12.0. The summed E-state index contributed by atoms with van der Waals surface area (Å²) in [6, 6.07) is 12.9. The number of ether oxygens (including phenoxy) is 1. The predicted molar refractivity (Wildman–Crippen MR) is 136 cm³/mol. The summed E-state index contributed by atoms with van der Waals surface area (Å²) in [6.45, 7) is 0.471. The second-order valence-electron chi connectivity index (χ2n) is 9.08. The molecule has 4 aromatic rings. The molecule has 0 unspecified atom stereocenters. The van der Waals surface area contributed by atoms with E-state index in [1.165, 1.54) is 13.2 Å². The second kappa shape index (κ2) is 10.4. The first-order chi connectivity index (χ1) is 17.9. The van der Waals surface area contributed by atoms with E-state index in [2.05, 4.69) is 20.5 Å². The lowest BCUT2D eigenvalue weighted by atomic mass is 9.96. The Bertz CT molecular complexity index is 1440. The van der Waals surface area contributed by atoms with Gasteiger partial charge in [-0.2, -0.15) is 5.10 Å². The number of amides is 2. The van der Waals surface area contributed by atoms with E-state index in [0.717, 1.165) is 22.2 Å². The van der Waals surface area contributed by atoms with E-state index in [1.807, 2.05) is 18.2 Å². The van der Waals surface area contributed by atoms with E-state index in [-0.39, 0.29) is 18.5 Å². The lowest BCUT2D eigenvalue weighted by Crippen LogP contribution is -2.55. The number of aromatic amines is 1. The molecule has 1 aliphatic heterocycles. The highest BCUT2D eigenvalue weighted by molar-refractivity contribution is 6.01. The molecule has 5 rings (SSSR count). The van der Waals surface area contributed by atoms with Crippen LogP contribution < -0.4 is 15.8 Å². The van der Waals surface area contributed by atoms with Gasteiger partial charge in [0.25, 0.3) is 5.91 Å². The number of aromatic nitrogens is 3. The number of rotatable bonds is 7. The summed E-state index contributed by atoms with van der Waals surface area (Å²) < 4.78 is 19.9. The molecule has 2 aromatic heterocycles. The van der Waals surface area contributed by atoms with Gasteiger partial charge in [0, 0.05) is 53.6 Å². The normalized spacial score (nSPS) is 18.0. The minimum absolute atomic E-state index is 0.131. The third-order valence-corrected chi connectivity index (χ3v) is 6.78. The Morgan fingerprint density at radius 2 is 2.00 bits per heavy atom. The average Bonchev–Trinajstić information content (AvgIpc) is 3.33. The summed E-state index contributed by atoms with van der Waals surface area (Å²) in [5.41, 5.74) is 8.93. The molecule has 190 valence electrons. The van der Waals surface area contributed by atoms with Crippen LogP contribution in [0.4, 0.5) is 4.39 Å². The van der Waals surface area contributed by atoms with Gasteiger partial charge < -0.3 is 15.8 Å². The largest absolute Gasteiger partial charge is 0.496 e. The Balaban J connectivity index is 1.35. The first-order valence-electron chi connectivity index (χ1n) is 12.0. The second-order valence-corrected chi connectivity index (χ2v) is 9.08. The number of nitrogens with one attached hydrogen (secondary N) is 2. The molecule has 1 saturated heterocycles. The number of benzene rings is 2. The number of likely N-dealkylation sites (tertiary alicyclic amines) is 1. The van der Waals surface area contributed by atoms with Crippen LogP contribution in [0.3, 0.4) is 0 Å². The van der Waals surface area contributed by atoms with Crippen molar-refractivity contribution in [1.82, 2.24) is 25.4 Å². The summed E-state index contributed by atoms with van der Waals surface area (Å²) in [7, 11) is 1.47. The molecule has 2 amide bonds. The Kier molecular flexibility index (Phi) is 6.82. The number of hydrogen-bond donors (Lipinski definition) is 3. The topological polar surface area (TPSA) is 126 Å². The van der Waals surface area contributed by atoms with Crippen LogP contribution in [0.2, 0.25) is 0 Å². The minimum atomic E-state index is -0.567. The van der Waals surface area contributed by atoms with Crippen molar-refractivity contribution in [2.45, 2.75) is 31.5 Å². The number of piperidine rings is 1. The van der Waals surface area contributed by atoms with E-state index >= 15 is 0 Å². The maximum atomic E-state index is 14.6. The lowest BCUT2D eigenvalue weighted by Gasteiger charge is -2.38. The van der Waals surface area contributed by atoms with E-state index < -0.39 is 17.8 Å². The molecular formula is C27H27FN6O3. The third kappa shape index (κ3) is 5.01. The molecule has 2 aromatic carbocycles.